The van der Waals surface area contributed by atoms with Crippen molar-refractivity contribution in [3.63, 3.8) is 0 Å². The van der Waals surface area contributed by atoms with Gasteiger partial charge >= 0.3 is 0 Å². The highest BCUT2D eigenvalue weighted by molar-refractivity contribution is 7.80. The molecular formula is C7H11N3S. The molecule has 1 rings (SSSR count). The monoisotopic (exact) mass is 169 g/mol. The maximum Gasteiger partial charge on any atom is 0.127 e. The summed E-state index contributed by atoms with van der Waals surface area (Å²) in [5.41, 5.74) is 0.907. The Morgan fingerprint density at radius 3 is 3.00 bits per heavy atom. The fourth-order valence-corrected chi connectivity index (χ4v) is 0.963. The minimum Gasteiger partial charge on any atom is -0.364 e. The third-order valence-corrected chi connectivity index (χ3v) is 2.08. The smallest absolute Gasteiger partial charge is 0.127 e. The van der Waals surface area contributed by atoms with Crippen molar-refractivity contribution in [2.75, 3.05) is 13.6 Å². The number of hydrogen-bond acceptors (Lipinski definition) is 2. The molecule has 0 aliphatic carbocycles. The summed E-state index contributed by atoms with van der Waals surface area (Å²) >= 11 is 5.15. The molecule has 4 heteroatoms. The number of aromatic amines is 1. The summed E-state index contributed by atoms with van der Waals surface area (Å²) in [7, 11) is 1.96. The lowest BCUT2D eigenvalue weighted by molar-refractivity contribution is 0.545. The highest BCUT2D eigenvalue weighted by Gasteiger charge is 2.04. The minimum absolute atomic E-state index is 0.810. The SMILES string of the molecule is CCN(C)C(=S)c1cnc[nH]1. The second kappa shape index (κ2) is 3.48. The number of hydrogen-bond donors (Lipinski definition) is 1. The number of thiocarbonyl (C=S) groups is 1. The summed E-state index contributed by atoms with van der Waals surface area (Å²) in [4.78, 5) is 9.65. The first-order valence-electron chi connectivity index (χ1n) is 3.49. The predicted octanol–water partition coefficient (Wildman–Crippen LogP) is 1.04. The number of nitrogens with one attached hydrogen (secondary N) is 1. The molecule has 0 unspecified atom stereocenters. The van der Waals surface area contributed by atoms with Crippen molar-refractivity contribution in [1.82, 2.24) is 14.9 Å². The quantitative estimate of drug-likeness (QED) is 0.671. The maximum absolute atomic E-state index is 5.15. The molecule has 1 N–H and O–H groups in total. The number of nitrogens with zero attached hydrogens (tertiary/aromatic N) is 2. The van der Waals surface area contributed by atoms with E-state index in [0.29, 0.717) is 0 Å². The van der Waals surface area contributed by atoms with Crippen LogP contribution in [0.4, 0.5) is 0 Å². The van der Waals surface area contributed by atoms with Crippen LogP contribution in [-0.4, -0.2) is 33.4 Å². The lowest BCUT2D eigenvalue weighted by Gasteiger charge is -2.15. The number of H-pyrrole nitrogens is 1. The van der Waals surface area contributed by atoms with E-state index < -0.39 is 0 Å². The van der Waals surface area contributed by atoms with E-state index in [1.165, 1.54) is 0 Å². The Bertz CT molecular complexity index is 230. The Labute approximate surface area is 71.4 Å². The summed E-state index contributed by atoms with van der Waals surface area (Å²) in [6.07, 6.45) is 3.36. The molecule has 0 fully saturated rings. The van der Waals surface area contributed by atoms with Crippen LogP contribution < -0.4 is 0 Å². The third kappa shape index (κ3) is 1.77. The van der Waals surface area contributed by atoms with Crippen LogP contribution in [0.15, 0.2) is 12.5 Å². The zero-order chi connectivity index (χ0) is 8.27. The molecule has 0 amide bonds. The molecule has 3 nitrogen and oxygen atoms in total. The average Bonchev–Trinajstić information content (AvgIpc) is 2.53. The topological polar surface area (TPSA) is 31.9 Å². The zero-order valence-corrected chi connectivity index (χ0v) is 7.48. The van der Waals surface area contributed by atoms with Gasteiger partial charge in [-0.25, -0.2) is 4.98 Å². The van der Waals surface area contributed by atoms with Crippen LogP contribution in [0.1, 0.15) is 12.6 Å². The van der Waals surface area contributed by atoms with Crippen LogP contribution in [0.2, 0.25) is 0 Å². The van der Waals surface area contributed by atoms with Gasteiger partial charge in [-0.1, -0.05) is 12.2 Å². The first kappa shape index (κ1) is 8.20. The molecule has 11 heavy (non-hydrogen) atoms. The van der Waals surface area contributed by atoms with Gasteiger partial charge in [0.15, 0.2) is 0 Å². The van der Waals surface area contributed by atoms with Gasteiger partial charge in [-0.3, -0.25) is 0 Å². The number of aromatic nitrogens is 2. The molecule has 1 aromatic rings. The van der Waals surface area contributed by atoms with Gasteiger partial charge in [-0.15, -0.1) is 0 Å². The Hall–Kier alpha value is -0.900. The van der Waals surface area contributed by atoms with Gasteiger partial charge in [-0.2, -0.15) is 0 Å². The lowest BCUT2D eigenvalue weighted by atomic mass is 10.4. The van der Waals surface area contributed by atoms with Crippen LogP contribution in [0.25, 0.3) is 0 Å². The van der Waals surface area contributed by atoms with Crippen molar-refractivity contribution in [3.05, 3.63) is 18.2 Å². The molecule has 60 valence electrons. The molecule has 0 aliphatic heterocycles. The summed E-state index contributed by atoms with van der Waals surface area (Å²) in [5.74, 6) is 0. The zero-order valence-electron chi connectivity index (χ0n) is 6.66. The first-order chi connectivity index (χ1) is 5.25. The van der Waals surface area contributed by atoms with Gasteiger partial charge in [0.2, 0.25) is 0 Å². The van der Waals surface area contributed by atoms with Crippen LogP contribution in [0.5, 0.6) is 0 Å². The van der Waals surface area contributed by atoms with Gasteiger partial charge in [0.25, 0.3) is 0 Å². The van der Waals surface area contributed by atoms with Crippen molar-refractivity contribution < 1.29 is 0 Å². The summed E-state index contributed by atoms with van der Waals surface area (Å²) in [6.45, 7) is 2.97. The van der Waals surface area contributed by atoms with Crippen LogP contribution in [-0.2, 0) is 0 Å². The van der Waals surface area contributed by atoms with Gasteiger partial charge in [0.05, 0.1) is 18.2 Å². The van der Waals surface area contributed by atoms with Gasteiger partial charge in [-0.05, 0) is 6.92 Å². The van der Waals surface area contributed by atoms with Crippen molar-refractivity contribution >= 4 is 17.2 Å². The third-order valence-electron chi connectivity index (χ3n) is 1.55. The molecule has 0 atom stereocenters. The average molecular weight is 169 g/mol. The van der Waals surface area contributed by atoms with Crippen LogP contribution in [0, 0.1) is 0 Å². The number of imidazole rings is 1. The second-order valence-electron chi connectivity index (χ2n) is 2.28. The van der Waals surface area contributed by atoms with E-state index in [2.05, 4.69) is 16.9 Å². The lowest BCUT2D eigenvalue weighted by Crippen LogP contribution is -2.25. The standard InChI is InChI=1S/C7H11N3S/c1-3-10(2)7(11)6-4-8-5-9-6/h4-5H,3H2,1-2H3,(H,8,9). The Morgan fingerprint density at radius 2 is 2.55 bits per heavy atom. The molecule has 1 aromatic heterocycles. The molecule has 0 aromatic carbocycles. The molecular weight excluding hydrogens is 158 g/mol. The highest BCUT2D eigenvalue weighted by Crippen LogP contribution is 1.98. The van der Waals surface area contributed by atoms with E-state index in [-0.39, 0.29) is 0 Å². The van der Waals surface area contributed by atoms with E-state index in [0.717, 1.165) is 17.2 Å². The first-order valence-corrected chi connectivity index (χ1v) is 3.90. The summed E-state index contributed by atoms with van der Waals surface area (Å²) in [6, 6.07) is 0. The van der Waals surface area contributed by atoms with E-state index in [1.54, 1.807) is 12.5 Å². The molecule has 0 saturated carbocycles. The predicted molar refractivity (Wildman–Crippen MR) is 48.6 cm³/mol. The molecule has 0 aliphatic rings. The molecule has 0 radical (unpaired) electrons. The Balaban J connectivity index is 2.70. The second-order valence-corrected chi connectivity index (χ2v) is 2.67. The van der Waals surface area contributed by atoms with Gasteiger partial charge < -0.3 is 9.88 Å². The summed E-state index contributed by atoms with van der Waals surface area (Å²) in [5, 5.41) is 0. The van der Waals surface area contributed by atoms with E-state index >= 15 is 0 Å². The fourth-order valence-electron chi connectivity index (χ4n) is 0.722. The maximum atomic E-state index is 5.15. The van der Waals surface area contributed by atoms with E-state index in [1.807, 2.05) is 11.9 Å². The van der Waals surface area contributed by atoms with E-state index in [4.69, 9.17) is 12.2 Å². The van der Waals surface area contributed by atoms with Crippen molar-refractivity contribution in [2.24, 2.45) is 0 Å². The summed E-state index contributed by atoms with van der Waals surface area (Å²) < 4.78 is 0. The largest absolute Gasteiger partial charge is 0.364 e. The molecule has 0 saturated heterocycles. The Kier molecular flexibility index (Phi) is 2.59. The molecule has 0 spiro atoms. The van der Waals surface area contributed by atoms with Gasteiger partial charge in [0.1, 0.15) is 4.99 Å². The Morgan fingerprint density at radius 1 is 1.82 bits per heavy atom. The number of rotatable bonds is 2. The van der Waals surface area contributed by atoms with Crippen molar-refractivity contribution in [3.8, 4) is 0 Å². The van der Waals surface area contributed by atoms with Gasteiger partial charge in [0, 0.05) is 13.6 Å². The minimum atomic E-state index is 0.810. The normalized spacial score (nSPS) is 9.64. The fraction of sp³-hybridized carbons (Fsp3) is 0.429. The molecule has 1 heterocycles. The van der Waals surface area contributed by atoms with E-state index in [9.17, 15) is 0 Å². The van der Waals surface area contributed by atoms with Crippen LogP contribution in [0.3, 0.4) is 0 Å². The van der Waals surface area contributed by atoms with Crippen LogP contribution >= 0.6 is 12.2 Å². The van der Waals surface area contributed by atoms with Crippen molar-refractivity contribution in [1.29, 1.82) is 0 Å². The van der Waals surface area contributed by atoms with Crippen molar-refractivity contribution in [2.45, 2.75) is 6.92 Å². The molecule has 0 bridgehead atoms. The highest BCUT2D eigenvalue weighted by atomic mass is 32.1.